The Morgan fingerprint density at radius 1 is 1.14 bits per heavy atom. The monoisotopic (exact) mass is 310 g/mol. The topological polar surface area (TPSA) is 50.4 Å². The van der Waals surface area contributed by atoms with Crippen molar-refractivity contribution in [3.05, 3.63) is 0 Å². The third-order valence-electron chi connectivity index (χ3n) is 4.78. The smallest absolute Gasteiger partial charge is 0.407 e. The van der Waals surface area contributed by atoms with E-state index < -0.39 is 5.60 Å². The van der Waals surface area contributed by atoms with E-state index in [1.54, 1.807) is 0 Å². The first kappa shape index (κ1) is 17.6. The van der Waals surface area contributed by atoms with Crippen LogP contribution in [0.2, 0.25) is 0 Å². The van der Waals surface area contributed by atoms with Crippen LogP contribution in [0.15, 0.2) is 0 Å². The van der Waals surface area contributed by atoms with Gasteiger partial charge in [0.05, 0.1) is 0 Å². The highest BCUT2D eigenvalue weighted by atomic mass is 16.6. The van der Waals surface area contributed by atoms with Crippen LogP contribution in [0.5, 0.6) is 0 Å². The maximum atomic E-state index is 12.0. The third-order valence-corrected chi connectivity index (χ3v) is 4.78. The van der Waals surface area contributed by atoms with Crippen molar-refractivity contribution in [2.24, 2.45) is 11.8 Å². The van der Waals surface area contributed by atoms with Gasteiger partial charge in [-0.15, -0.1) is 0 Å². The van der Waals surface area contributed by atoms with Crippen LogP contribution in [0.1, 0.15) is 72.6 Å². The SMILES string of the molecule is CC1CCCC(NCC(NC(=O)OC(C)(C)C)C2CC2)CC1. The molecule has 2 saturated carbocycles. The van der Waals surface area contributed by atoms with Crippen LogP contribution in [0, 0.1) is 11.8 Å². The normalized spacial score (nSPS) is 27.8. The molecule has 1 amide bonds. The molecule has 0 bridgehead atoms. The van der Waals surface area contributed by atoms with Crippen molar-refractivity contribution in [3.8, 4) is 0 Å². The summed E-state index contributed by atoms with van der Waals surface area (Å²) in [7, 11) is 0. The number of hydrogen-bond acceptors (Lipinski definition) is 3. The predicted molar refractivity (Wildman–Crippen MR) is 89.9 cm³/mol. The lowest BCUT2D eigenvalue weighted by molar-refractivity contribution is 0.0496. The van der Waals surface area contributed by atoms with Crippen LogP contribution in [0.3, 0.4) is 0 Å². The molecule has 2 rings (SSSR count). The van der Waals surface area contributed by atoms with Gasteiger partial charge in [-0.3, -0.25) is 0 Å². The molecular formula is C18H34N2O2. The zero-order valence-corrected chi connectivity index (χ0v) is 14.8. The van der Waals surface area contributed by atoms with Crippen molar-refractivity contribution in [1.82, 2.24) is 10.6 Å². The second-order valence-corrected chi connectivity index (χ2v) is 8.31. The summed E-state index contributed by atoms with van der Waals surface area (Å²) in [6.45, 7) is 8.96. The lowest BCUT2D eigenvalue weighted by Crippen LogP contribution is -2.47. The average Bonchev–Trinajstić information content (AvgIpc) is 3.20. The van der Waals surface area contributed by atoms with Gasteiger partial charge in [0.25, 0.3) is 0 Å². The van der Waals surface area contributed by atoms with Crippen molar-refractivity contribution >= 4 is 6.09 Å². The molecular weight excluding hydrogens is 276 g/mol. The van der Waals surface area contributed by atoms with Crippen molar-refractivity contribution in [3.63, 3.8) is 0 Å². The molecule has 22 heavy (non-hydrogen) atoms. The lowest BCUT2D eigenvalue weighted by atomic mass is 10.0. The molecule has 0 spiro atoms. The third kappa shape index (κ3) is 6.55. The number of rotatable bonds is 5. The van der Waals surface area contributed by atoms with E-state index in [9.17, 15) is 4.79 Å². The van der Waals surface area contributed by atoms with Crippen molar-refractivity contribution in [2.45, 2.75) is 90.3 Å². The largest absolute Gasteiger partial charge is 0.444 e. The van der Waals surface area contributed by atoms with Gasteiger partial charge in [-0.1, -0.05) is 19.8 Å². The maximum absolute atomic E-state index is 12.0. The van der Waals surface area contributed by atoms with Crippen LogP contribution >= 0.6 is 0 Å². The molecule has 2 aliphatic rings. The summed E-state index contributed by atoms with van der Waals surface area (Å²) in [5, 5.41) is 6.78. The van der Waals surface area contributed by atoms with E-state index in [-0.39, 0.29) is 12.1 Å². The fraction of sp³-hybridized carbons (Fsp3) is 0.944. The van der Waals surface area contributed by atoms with Crippen LogP contribution in [-0.2, 0) is 4.74 Å². The van der Waals surface area contributed by atoms with Gasteiger partial charge in [-0.2, -0.15) is 0 Å². The molecule has 0 aromatic carbocycles. The molecule has 3 atom stereocenters. The number of amides is 1. The Hall–Kier alpha value is -0.770. The van der Waals surface area contributed by atoms with E-state index in [0.717, 1.165) is 12.5 Å². The van der Waals surface area contributed by atoms with Gasteiger partial charge in [-0.25, -0.2) is 4.79 Å². The summed E-state index contributed by atoms with van der Waals surface area (Å²) in [5.74, 6) is 1.50. The second-order valence-electron chi connectivity index (χ2n) is 8.31. The fourth-order valence-corrected chi connectivity index (χ4v) is 3.28. The molecule has 128 valence electrons. The number of ether oxygens (including phenoxy) is 1. The molecule has 0 radical (unpaired) electrons. The Bertz CT molecular complexity index is 361. The Morgan fingerprint density at radius 3 is 2.50 bits per heavy atom. The van der Waals surface area contributed by atoms with Crippen LogP contribution in [0.4, 0.5) is 4.79 Å². The number of alkyl carbamates (subject to hydrolysis) is 1. The summed E-state index contributed by atoms with van der Waals surface area (Å²) in [6.07, 6.45) is 8.73. The summed E-state index contributed by atoms with van der Waals surface area (Å²) in [5.41, 5.74) is -0.428. The van der Waals surface area contributed by atoms with E-state index in [4.69, 9.17) is 4.74 Å². The van der Waals surface area contributed by atoms with Crippen LogP contribution < -0.4 is 10.6 Å². The van der Waals surface area contributed by atoms with E-state index in [0.29, 0.717) is 12.0 Å². The van der Waals surface area contributed by atoms with E-state index in [1.807, 2.05) is 20.8 Å². The maximum Gasteiger partial charge on any atom is 0.407 e. The molecule has 2 N–H and O–H groups in total. The zero-order valence-electron chi connectivity index (χ0n) is 14.8. The first-order valence-corrected chi connectivity index (χ1v) is 9.06. The van der Waals surface area contributed by atoms with Crippen molar-refractivity contribution < 1.29 is 9.53 Å². The molecule has 0 aromatic heterocycles. The van der Waals surface area contributed by atoms with Gasteiger partial charge in [0, 0.05) is 18.6 Å². The van der Waals surface area contributed by atoms with Gasteiger partial charge in [0.15, 0.2) is 0 Å². The molecule has 2 aliphatic carbocycles. The van der Waals surface area contributed by atoms with Gasteiger partial charge >= 0.3 is 6.09 Å². The molecule has 0 aromatic rings. The summed E-state index contributed by atoms with van der Waals surface area (Å²) < 4.78 is 5.39. The highest BCUT2D eigenvalue weighted by Gasteiger charge is 2.33. The van der Waals surface area contributed by atoms with Gasteiger partial charge < -0.3 is 15.4 Å². The minimum Gasteiger partial charge on any atom is -0.444 e. The number of carbonyl (C=O) groups is 1. The molecule has 2 fully saturated rings. The predicted octanol–water partition coefficient (Wildman–Crippen LogP) is 3.85. The van der Waals surface area contributed by atoms with Crippen molar-refractivity contribution in [2.75, 3.05) is 6.54 Å². The number of nitrogens with one attached hydrogen (secondary N) is 2. The Morgan fingerprint density at radius 2 is 1.86 bits per heavy atom. The second kappa shape index (κ2) is 7.67. The van der Waals surface area contributed by atoms with E-state index in [2.05, 4.69) is 17.6 Å². The molecule has 0 saturated heterocycles. The first-order chi connectivity index (χ1) is 10.3. The van der Waals surface area contributed by atoms with Crippen LogP contribution in [-0.4, -0.2) is 30.3 Å². The number of hydrogen-bond donors (Lipinski definition) is 2. The standard InChI is InChI=1S/C18H34N2O2/c1-13-6-5-7-15(11-8-13)19-12-16(14-9-10-14)20-17(21)22-18(2,3)4/h13-16,19H,5-12H2,1-4H3,(H,20,21). The van der Waals surface area contributed by atoms with Crippen LogP contribution in [0.25, 0.3) is 0 Å². The molecule has 4 nitrogen and oxygen atoms in total. The Balaban J connectivity index is 1.76. The lowest BCUT2D eigenvalue weighted by Gasteiger charge is -2.25. The molecule has 4 heteroatoms. The summed E-state index contributed by atoms with van der Waals surface area (Å²) >= 11 is 0. The molecule has 0 aliphatic heterocycles. The minimum atomic E-state index is -0.428. The fourth-order valence-electron chi connectivity index (χ4n) is 3.28. The minimum absolute atomic E-state index is 0.218. The van der Waals surface area contributed by atoms with Gasteiger partial charge in [-0.05, 0) is 64.7 Å². The summed E-state index contributed by atoms with van der Waals surface area (Å²) in [6, 6.07) is 0.835. The molecule has 3 unspecified atom stereocenters. The highest BCUT2D eigenvalue weighted by Crippen LogP contribution is 2.33. The molecule has 0 heterocycles. The van der Waals surface area contributed by atoms with E-state index >= 15 is 0 Å². The highest BCUT2D eigenvalue weighted by molar-refractivity contribution is 5.68. The van der Waals surface area contributed by atoms with Crippen molar-refractivity contribution in [1.29, 1.82) is 0 Å². The number of carbonyl (C=O) groups excluding carboxylic acids is 1. The first-order valence-electron chi connectivity index (χ1n) is 9.06. The quantitative estimate of drug-likeness (QED) is 0.758. The van der Waals surface area contributed by atoms with E-state index in [1.165, 1.54) is 44.9 Å². The Labute approximate surface area is 135 Å². The van der Waals surface area contributed by atoms with Gasteiger partial charge in [0.2, 0.25) is 0 Å². The average molecular weight is 310 g/mol. The Kier molecular flexibility index (Phi) is 6.13. The zero-order chi connectivity index (χ0) is 16.2. The summed E-state index contributed by atoms with van der Waals surface area (Å²) in [4.78, 5) is 12.0. The van der Waals surface area contributed by atoms with Gasteiger partial charge in [0.1, 0.15) is 5.60 Å².